The normalized spacial score (nSPS) is 41.4. The topological polar surface area (TPSA) is 29.5 Å². The molecule has 0 spiro atoms. The Morgan fingerprint density at radius 2 is 2.70 bits per heavy atom. The molecule has 58 valence electrons. The summed E-state index contributed by atoms with van der Waals surface area (Å²) in [6.07, 6.45) is 0.468. The molecule has 1 fully saturated rings. The van der Waals surface area contributed by atoms with Gasteiger partial charge in [0.1, 0.15) is 0 Å². The Hall–Kier alpha value is -0.340. The second kappa shape index (κ2) is 3.17. The highest BCUT2D eigenvalue weighted by atomic mass is 16.5. The molecule has 0 bridgehead atoms. The number of aliphatic hydroxyl groups is 1. The second-order valence-electron chi connectivity index (χ2n) is 2.71. The molecule has 10 heavy (non-hydrogen) atoms. The Morgan fingerprint density at radius 3 is 3.10 bits per heavy atom. The van der Waals surface area contributed by atoms with Gasteiger partial charge in [0.2, 0.25) is 0 Å². The monoisotopic (exact) mass is 144 g/mol. The van der Waals surface area contributed by atoms with E-state index in [1.807, 2.05) is 6.92 Å². The lowest BCUT2D eigenvalue weighted by atomic mass is 9.95. The predicted molar refractivity (Wildman–Crippen MR) is 39.7 cm³/mol. The Morgan fingerprint density at radius 1 is 2.00 bits per heavy atom. The highest BCUT2D eigenvalue weighted by Crippen LogP contribution is 2.25. The summed E-state index contributed by atoms with van der Waals surface area (Å²) < 4.78 is 12.5. The van der Waals surface area contributed by atoms with Crippen molar-refractivity contribution in [2.45, 2.75) is 19.4 Å². The lowest BCUT2D eigenvalue weighted by molar-refractivity contribution is 0.0459. The third kappa shape index (κ3) is 1.39. The van der Waals surface area contributed by atoms with Gasteiger partial charge in [-0.25, -0.2) is 0 Å². The zero-order chi connectivity index (χ0) is 8.43. The minimum atomic E-state index is -0.478. The molecule has 0 amide bonds. The van der Waals surface area contributed by atoms with Gasteiger partial charge in [0.15, 0.2) is 0 Å². The van der Waals surface area contributed by atoms with Crippen molar-refractivity contribution in [1.29, 1.82) is 0 Å². The van der Waals surface area contributed by atoms with E-state index >= 15 is 0 Å². The van der Waals surface area contributed by atoms with Gasteiger partial charge in [-0.05, 0) is 13.3 Å². The van der Waals surface area contributed by atoms with Crippen LogP contribution in [0.3, 0.4) is 0 Å². The molecule has 0 radical (unpaired) electrons. The molecule has 1 N–H and O–H groups in total. The maximum Gasteiger partial charge on any atom is 0.0871 e. The average molecular weight is 144 g/mol. The molecular formula is C8H14O2. The van der Waals surface area contributed by atoms with Crippen LogP contribution in [0.4, 0.5) is 0 Å². The van der Waals surface area contributed by atoms with Crippen LogP contribution in [0.1, 0.15) is 14.7 Å². The highest BCUT2D eigenvalue weighted by Gasteiger charge is 2.27. The van der Waals surface area contributed by atoms with Crippen LogP contribution in [-0.4, -0.2) is 24.4 Å². The van der Waals surface area contributed by atoms with Crippen LogP contribution >= 0.6 is 0 Å². The van der Waals surface area contributed by atoms with Crippen LogP contribution in [0.15, 0.2) is 12.2 Å². The summed E-state index contributed by atoms with van der Waals surface area (Å²) in [5.41, 5.74) is 0.999. The summed E-state index contributed by atoms with van der Waals surface area (Å²) >= 11 is 0. The van der Waals surface area contributed by atoms with Gasteiger partial charge >= 0.3 is 0 Å². The quantitative estimate of drug-likeness (QED) is 0.585. The standard InChI is InChI=1S/C8H14O2/c1-6(2)7-3-4-10-8(7)5-9/h7-9H,1,3-5H2,2H3/t7?,8-/m1/s1/i4T/t4?,7?,8-. The van der Waals surface area contributed by atoms with Crippen LogP contribution in [-0.2, 0) is 4.74 Å². The minimum Gasteiger partial charge on any atom is -0.394 e. The fourth-order valence-corrected chi connectivity index (χ4v) is 1.22. The van der Waals surface area contributed by atoms with Gasteiger partial charge in [0.25, 0.3) is 0 Å². The van der Waals surface area contributed by atoms with Crippen molar-refractivity contribution in [3.05, 3.63) is 12.2 Å². The molecule has 1 aliphatic heterocycles. The maximum atomic E-state index is 8.85. The summed E-state index contributed by atoms with van der Waals surface area (Å²) in [4.78, 5) is 0. The summed E-state index contributed by atoms with van der Waals surface area (Å²) in [7, 11) is 0. The number of aliphatic hydroxyl groups excluding tert-OH is 1. The molecule has 1 saturated heterocycles. The predicted octanol–water partition coefficient (Wildman–Crippen LogP) is 0.960. The van der Waals surface area contributed by atoms with Gasteiger partial charge in [-0.1, -0.05) is 12.2 Å². The average Bonchev–Trinajstić information content (AvgIpc) is 2.30. The van der Waals surface area contributed by atoms with Crippen molar-refractivity contribution in [1.82, 2.24) is 0 Å². The van der Waals surface area contributed by atoms with Gasteiger partial charge in [-0.3, -0.25) is 0 Å². The molecule has 0 aromatic carbocycles. The van der Waals surface area contributed by atoms with Crippen LogP contribution < -0.4 is 0 Å². The van der Waals surface area contributed by atoms with E-state index in [4.69, 9.17) is 11.2 Å². The third-order valence-corrected chi connectivity index (χ3v) is 1.88. The number of ether oxygens (including phenoxy) is 1. The molecule has 2 heteroatoms. The first kappa shape index (κ1) is 6.38. The van der Waals surface area contributed by atoms with Crippen molar-refractivity contribution < 1.29 is 11.2 Å². The van der Waals surface area contributed by atoms with Crippen molar-refractivity contribution in [2.75, 3.05) is 13.2 Å². The van der Waals surface area contributed by atoms with Crippen molar-refractivity contribution >= 4 is 0 Å². The van der Waals surface area contributed by atoms with E-state index in [1.54, 1.807) is 0 Å². The zero-order valence-electron chi connectivity index (χ0n) is 7.21. The lowest BCUT2D eigenvalue weighted by Gasteiger charge is -2.15. The molecule has 1 rings (SSSR count). The Labute approximate surface area is 62.9 Å². The molecule has 1 heterocycles. The van der Waals surface area contributed by atoms with Crippen LogP contribution in [0.5, 0.6) is 0 Å². The molecule has 0 aliphatic carbocycles. The molecule has 0 aromatic heterocycles. The number of hydrogen-bond acceptors (Lipinski definition) is 2. The third-order valence-electron chi connectivity index (χ3n) is 1.88. The van der Waals surface area contributed by atoms with Gasteiger partial charge in [0.05, 0.1) is 14.1 Å². The van der Waals surface area contributed by atoms with E-state index in [0.29, 0.717) is 6.42 Å². The first-order valence-corrected chi connectivity index (χ1v) is 3.49. The number of rotatable bonds is 2. The Balaban J connectivity index is 2.57. The molecule has 1 aliphatic rings. The van der Waals surface area contributed by atoms with E-state index in [9.17, 15) is 0 Å². The minimum absolute atomic E-state index is 0.00704. The second-order valence-corrected chi connectivity index (χ2v) is 2.71. The fraction of sp³-hybridized carbons (Fsp3) is 0.750. The van der Waals surface area contributed by atoms with Crippen molar-refractivity contribution in [2.24, 2.45) is 5.92 Å². The first-order chi connectivity index (χ1) is 5.15. The summed E-state index contributed by atoms with van der Waals surface area (Å²) in [5, 5.41) is 8.85. The van der Waals surface area contributed by atoms with E-state index < -0.39 is 6.58 Å². The lowest BCUT2D eigenvalue weighted by Crippen LogP contribution is -2.20. The molecule has 2 unspecified atom stereocenters. The van der Waals surface area contributed by atoms with E-state index in [0.717, 1.165) is 5.57 Å². The Kier molecular flexibility index (Phi) is 2.02. The van der Waals surface area contributed by atoms with Gasteiger partial charge in [0, 0.05) is 12.5 Å². The van der Waals surface area contributed by atoms with Gasteiger partial charge in [-0.15, -0.1) is 0 Å². The first-order valence-electron chi connectivity index (χ1n) is 4.07. The maximum absolute atomic E-state index is 8.85. The SMILES string of the molecule is [3H]C1CC(C(=C)C)[C@@H](CO)O1. The molecule has 0 saturated carbocycles. The molecular weight excluding hydrogens is 128 g/mol. The smallest absolute Gasteiger partial charge is 0.0871 e. The fourth-order valence-electron chi connectivity index (χ4n) is 1.22. The van der Waals surface area contributed by atoms with Gasteiger partial charge in [-0.2, -0.15) is 0 Å². The van der Waals surface area contributed by atoms with Crippen molar-refractivity contribution in [3.8, 4) is 0 Å². The molecule has 0 aromatic rings. The van der Waals surface area contributed by atoms with E-state index in [-0.39, 0.29) is 18.6 Å². The summed E-state index contributed by atoms with van der Waals surface area (Å²) in [5.74, 6) is 0.169. The summed E-state index contributed by atoms with van der Waals surface area (Å²) in [6, 6.07) is 0. The molecule has 3 atom stereocenters. The van der Waals surface area contributed by atoms with E-state index in [1.165, 1.54) is 0 Å². The van der Waals surface area contributed by atoms with E-state index in [2.05, 4.69) is 6.58 Å². The van der Waals surface area contributed by atoms with Gasteiger partial charge < -0.3 is 9.84 Å². The van der Waals surface area contributed by atoms with Crippen LogP contribution in [0.25, 0.3) is 0 Å². The Bertz CT molecular complexity index is 158. The highest BCUT2D eigenvalue weighted by molar-refractivity contribution is 5.01. The number of hydrogen-bond donors (Lipinski definition) is 1. The largest absolute Gasteiger partial charge is 0.394 e. The zero-order valence-corrected chi connectivity index (χ0v) is 6.21. The van der Waals surface area contributed by atoms with Crippen LogP contribution in [0, 0.1) is 5.92 Å². The van der Waals surface area contributed by atoms with Crippen LogP contribution in [0.2, 0.25) is 0 Å². The summed E-state index contributed by atoms with van der Waals surface area (Å²) in [6.45, 7) is 5.22. The molecule has 2 nitrogen and oxygen atoms in total. The van der Waals surface area contributed by atoms with Crippen molar-refractivity contribution in [3.63, 3.8) is 0 Å².